The van der Waals surface area contributed by atoms with Crippen LogP contribution in [0.5, 0.6) is 0 Å². The molecule has 0 aromatic heterocycles. The summed E-state index contributed by atoms with van der Waals surface area (Å²) in [6.07, 6.45) is 0. The van der Waals surface area contributed by atoms with Crippen molar-refractivity contribution in [1.29, 1.82) is 0 Å². The number of urea groups is 1. The average Bonchev–Trinajstić information content (AvgIpc) is 2.57. The first-order valence-electron chi connectivity index (χ1n) is 5.99. The maximum atomic E-state index is 13.4. The predicted molar refractivity (Wildman–Crippen MR) is 75.4 cm³/mol. The van der Waals surface area contributed by atoms with Gasteiger partial charge in [0.2, 0.25) is 0 Å². The number of halogens is 2. The van der Waals surface area contributed by atoms with E-state index in [1.165, 1.54) is 12.1 Å². The van der Waals surface area contributed by atoms with Crippen molar-refractivity contribution in [2.75, 3.05) is 6.54 Å². The molecule has 2 rings (SSSR count). The Morgan fingerprint density at radius 3 is 2.84 bits per heavy atom. The van der Waals surface area contributed by atoms with E-state index in [4.69, 9.17) is 5.73 Å². The third kappa shape index (κ3) is 2.78. The molecule has 19 heavy (non-hydrogen) atoms. The quantitative estimate of drug-likeness (QED) is 0.927. The lowest BCUT2D eigenvalue weighted by atomic mass is 10.0. The van der Waals surface area contributed by atoms with Crippen LogP contribution >= 0.6 is 15.9 Å². The van der Waals surface area contributed by atoms with Crippen LogP contribution in [0.15, 0.2) is 27.7 Å². The van der Waals surface area contributed by atoms with Crippen LogP contribution in [0.2, 0.25) is 0 Å². The van der Waals surface area contributed by atoms with E-state index in [9.17, 15) is 9.18 Å². The fourth-order valence-corrected chi connectivity index (χ4v) is 2.60. The lowest BCUT2D eigenvalue weighted by Crippen LogP contribution is -2.36. The molecule has 1 aromatic carbocycles. The molecule has 1 atom stereocenters. The second kappa shape index (κ2) is 5.28. The van der Waals surface area contributed by atoms with Crippen LogP contribution < -0.4 is 5.73 Å². The van der Waals surface area contributed by atoms with Gasteiger partial charge < -0.3 is 10.6 Å². The summed E-state index contributed by atoms with van der Waals surface area (Å²) in [6, 6.07) is 3.47. The van der Waals surface area contributed by atoms with Crippen LogP contribution in [0, 0.1) is 11.7 Å². The van der Waals surface area contributed by atoms with Gasteiger partial charge in [-0.25, -0.2) is 9.18 Å². The first kappa shape index (κ1) is 14.0. The van der Waals surface area contributed by atoms with Crippen molar-refractivity contribution >= 4 is 27.8 Å². The van der Waals surface area contributed by atoms with Crippen molar-refractivity contribution in [3.8, 4) is 0 Å². The topological polar surface area (TPSA) is 58.7 Å². The van der Waals surface area contributed by atoms with Crippen molar-refractivity contribution in [1.82, 2.24) is 4.90 Å². The molecule has 102 valence electrons. The van der Waals surface area contributed by atoms with Gasteiger partial charge in [-0.3, -0.25) is 0 Å². The minimum Gasteiger partial charge on any atom is -0.385 e. The number of amidine groups is 1. The third-order valence-corrected chi connectivity index (χ3v) is 3.60. The molecule has 4 nitrogen and oxygen atoms in total. The van der Waals surface area contributed by atoms with Gasteiger partial charge in [0.1, 0.15) is 17.7 Å². The van der Waals surface area contributed by atoms with Crippen LogP contribution in [0.1, 0.15) is 25.5 Å². The summed E-state index contributed by atoms with van der Waals surface area (Å²) >= 11 is 3.37. The van der Waals surface area contributed by atoms with Gasteiger partial charge in [-0.1, -0.05) is 29.8 Å². The lowest BCUT2D eigenvalue weighted by molar-refractivity contribution is 0.198. The van der Waals surface area contributed by atoms with E-state index in [-0.39, 0.29) is 23.6 Å². The third-order valence-electron chi connectivity index (χ3n) is 2.88. The zero-order valence-corrected chi connectivity index (χ0v) is 12.3. The Morgan fingerprint density at radius 1 is 1.53 bits per heavy atom. The summed E-state index contributed by atoms with van der Waals surface area (Å²) in [4.78, 5) is 17.2. The summed E-state index contributed by atoms with van der Waals surface area (Å²) in [6.45, 7) is 4.52. The Labute approximate surface area is 119 Å². The lowest BCUT2D eigenvalue weighted by Gasteiger charge is -2.26. The van der Waals surface area contributed by atoms with Gasteiger partial charge in [0.15, 0.2) is 0 Å². The van der Waals surface area contributed by atoms with Crippen molar-refractivity contribution in [2.45, 2.75) is 19.9 Å². The zero-order chi connectivity index (χ0) is 14.2. The molecule has 0 saturated heterocycles. The molecule has 1 heterocycles. The molecular formula is C13H15BrFN3O. The number of nitrogens with zero attached hydrogens (tertiary/aromatic N) is 2. The number of carbonyl (C=O) groups excluding carboxylic acids is 1. The average molecular weight is 328 g/mol. The van der Waals surface area contributed by atoms with E-state index in [0.29, 0.717) is 16.6 Å². The number of amides is 2. The highest BCUT2D eigenvalue weighted by atomic mass is 79.9. The molecule has 0 saturated carbocycles. The van der Waals surface area contributed by atoms with Gasteiger partial charge in [-0.2, -0.15) is 4.99 Å². The number of carbonyl (C=O) groups is 1. The number of rotatable bonds is 3. The van der Waals surface area contributed by atoms with Crippen LogP contribution in [0.3, 0.4) is 0 Å². The van der Waals surface area contributed by atoms with Crippen molar-refractivity contribution in [3.63, 3.8) is 0 Å². The largest absolute Gasteiger partial charge is 0.385 e. The molecule has 1 unspecified atom stereocenters. The molecular weight excluding hydrogens is 313 g/mol. The minimum atomic E-state index is -0.500. The number of benzene rings is 1. The SMILES string of the molecule is CC(C)CN1C(=O)N=C(N)C1c1cc(F)ccc1Br. The Kier molecular flexibility index (Phi) is 3.89. The molecule has 0 spiro atoms. The smallest absolute Gasteiger partial charge is 0.346 e. The highest BCUT2D eigenvalue weighted by molar-refractivity contribution is 9.10. The summed E-state index contributed by atoms with van der Waals surface area (Å²) < 4.78 is 14.1. The van der Waals surface area contributed by atoms with E-state index in [1.807, 2.05) is 13.8 Å². The number of nitrogens with two attached hydrogens (primary N) is 1. The summed E-state index contributed by atoms with van der Waals surface area (Å²) in [5.74, 6) is 0.117. The molecule has 6 heteroatoms. The van der Waals surface area contributed by atoms with E-state index >= 15 is 0 Å². The molecule has 1 aromatic rings. The summed E-state index contributed by atoms with van der Waals surface area (Å²) in [5, 5.41) is 0. The second-order valence-corrected chi connectivity index (χ2v) is 5.79. The maximum absolute atomic E-state index is 13.4. The normalized spacial score (nSPS) is 19.2. The molecule has 0 fully saturated rings. The van der Waals surface area contributed by atoms with Crippen LogP contribution in [-0.4, -0.2) is 23.3 Å². The molecule has 0 radical (unpaired) electrons. The predicted octanol–water partition coefficient (Wildman–Crippen LogP) is 3.08. The van der Waals surface area contributed by atoms with Gasteiger partial charge in [0.05, 0.1) is 0 Å². The first-order valence-corrected chi connectivity index (χ1v) is 6.79. The summed E-state index contributed by atoms with van der Waals surface area (Å²) in [5.41, 5.74) is 6.45. The van der Waals surface area contributed by atoms with Gasteiger partial charge in [-0.15, -0.1) is 0 Å². The number of hydrogen-bond donors (Lipinski definition) is 1. The first-order chi connectivity index (χ1) is 8.90. The number of aliphatic imine (C=N–C) groups is 1. The fourth-order valence-electron chi connectivity index (χ4n) is 2.13. The Hall–Kier alpha value is -1.43. The van der Waals surface area contributed by atoms with Gasteiger partial charge in [0, 0.05) is 11.0 Å². The number of hydrogen-bond acceptors (Lipinski definition) is 2. The van der Waals surface area contributed by atoms with Gasteiger partial charge in [0.25, 0.3) is 0 Å². The Balaban J connectivity index is 2.42. The highest BCUT2D eigenvalue weighted by Crippen LogP contribution is 2.33. The molecule has 2 N–H and O–H groups in total. The highest BCUT2D eigenvalue weighted by Gasteiger charge is 2.36. The minimum absolute atomic E-state index is 0.206. The Morgan fingerprint density at radius 2 is 2.21 bits per heavy atom. The van der Waals surface area contributed by atoms with E-state index in [1.54, 1.807) is 11.0 Å². The summed E-state index contributed by atoms with van der Waals surface area (Å²) in [7, 11) is 0. The molecule has 1 aliphatic rings. The van der Waals surface area contributed by atoms with Crippen molar-refractivity contribution in [2.24, 2.45) is 16.6 Å². The van der Waals surface area contributed by atoms with Crippen LogP contribution in [-0.2, 0) is 0 Å². The molecule has 2 amide bonds. The molecule has 0 aliphatic carbocycles. The Bertz CT molecular complexity index is 545. The molecule has 1 aliphatic heterocycles. The van der Waals surface area contributed by atoms with E-state index in [2.05, 4.69) is 20.9 Å². The van der Waals surface area contributed by atoms with Crippen LogP contribution in [0.4, 0.5) is 9.18 Å². The fraction of sp³-hybridized carbons (Fsp3) is 0.385. The monoisotopic (exact) mass is 327 g/mol. The standard InChI is InChI=1S/C13H15BrFN3O/c1-7(2)6-18-11(12(16)17-13(18)19)9-5-8(15)3-4-10(9)14/h3-5,7,11H,6H2,1-2H3,(H2,16,17,19). The zero-order valence-electron chi connectivity index (χ0n) is 10.7. The van der Waals surface area contributed by atoms with Gasteiger partial charge >= 0.3 is 6.03 Å². The van der Waals surface area contributed by atoms with Crippen LogP contribution in [0.25, 0.3) is 0 Å². The maximum Gasteiger partial charge on any atom is 0.346 e. The van der Waals surface area contributed by atoms with E-state index in [0.717, 1.165) is 0 Å². The van der Waals surface area contributed by atoms with E-state index < -0.39 is 6.04 Å². The van der Waals surface area contributed by atoms with Crippen molar-refractivity contribution < 1.29 is 9.18 Å². The van der Waals surface area contributed by atoms with Crippen molar-refractivity contribution in [3.05, 3.63) is 34.1 Å². The second-order valence-electron chi connectivity index (χ2n) is 4.93. The van der Waals surface area contributed by atoms with Gasteiger partial charge in [-0.05, 0) is 29.7 Å². The molecule has 0 bridgehead atoms.